The van der Waals surface area contributed by atoms with Gasteiger partial charge in [-0.2, -0.15) is 0 Å². The summed E-state index contributed by atoms with van der Waals surface area (Å²) < 4.78 is 49.6. The third kappa shape index (κ3) is 2.67. The van der Waals surface area contributed by atoms with Crippen molar-refractivity contribution in [2.75, 3.05) is 11.5 Å². The molecule has 0 saturated carbocycles. The number of hydrogen-bond donors (Lipinski definition) is 2. The Kier molecular flexibility index (Phi) is 3.49. The molecule has 1 aromatic carbocycles. The molecule has 0 aliphatic heterocycles. The molecule has 90 valence electrons. The summed E-state index contributed by atoms with van der Waals surface area (Å²) in [4.78, 5) is -1.05. The SMILES string of the molecule is CC(O)CS(=O)(=O)c1c(F)cc(N)cc1F. The van der Waals surface area contributed by atoms with Crippen molar-refractivity contribution in [3.05, 3.63) is 23.8 Å². The quantitative estimate of drug-likeness (QED) is 0.775. The van der Waals surface area contributed by atoms with E-state index in [1.54, 1.807) is 0 Å². The Hall–Kier alpha value is -1.21. The first-order chi connectivity index (χ1) is 7.24. The Morgan fingerprint density at radius 2 is 1.81 bits per heavy atom. The van der Waals surface area contributed by atoms with Crippen molar-refractivity contribution in [3.63, 3.8) is 0 Å². The first kappa shape index (κ1) is 12.9. The lowest BCUT2D eigenvalue weighted by molar-refractivity contribution is 0.218. The molecule has 0 aromatic heterocycles. The van der Waals surface area contributed by atoms with E-state index in [-0.39, 0.29) is 5.69 Å². The van der Waals surface area contributed by atoms with Crippen molar-refractivity contribution in [3.8, 4) is 0 Å². The highest BCUT2D eigenvalue weighted by Gasteiger charge is 2.25. The van der Waals surface area contributed by atoms with Crippen LogP contribution in [0.2, 0.25) is 0 Å². The Labute approximate surface area is 91.6 Å². The van der Waals surface area contributed by atoms with E-state index < -0.39 is 38.2 Å². The fraction of sp³-hybridized carbons (Fsp3) is 0.333. The van der Waals surface area contributed by atoms with Gasteiger partial charge in [0.25, 0.3) is 0 Å². The van der Waals surface area contributed by atoms with E-state index in [4.69, 9.17) is 10.8 Å². The third-order valence-corrected chi connectivity index (χ3v) is 3.73. The molecule has 7 heteroatoms. The van der Waals surface area contributed by atoms with Crippen LogP contribution in [0.25, 0.3) is 0 Å². The average Bonchev–Trinajstić information content (AvgIpc) is 1.96. The summed E-state index contributed by atoms with van der Waals surface area (Å²) in [5.74, 6) is -3.25. The number of hydrogen-bond acceptors (Lipinski definition) is 4. The van der Waals surface area contributed by atoms with E-state index in [1.165, 1.54) is 6.92 Å². The molecule has 0 saturated heterocycles. The van der Waals surface area contributed by atoms with Crippen LogP contribution < -0.4 is 5.73 Å². The normalized spacial score (nSPS) is 13.8. The molecule has 1 rings (SSSR count). The number of benzene rings is 1. The fourth-order valence-electron chi connectivity index (χ4n) is 1.28. The largest absolute Gasteiger partial charge is 0.399 e. The van der Waals surface area contributed by atoms with Crippen LogP contribution in [0.1, 0.15) is 6.92 Å². The minimum Gasteiger partial charge on any atom is -0.399 e. The van der Waals surface area contributed by atoms with Crippen molar-refractivity contribution in [2.24, 2.45) is 0 Å². The zero-order valence-corrected chi connectivity index (χ0v) is 9.26. The van der Waals surface area contributed by atoms with Crippen LogP contribution in [-0.4, -0.2) is 25.4 Å². The Morgan fingerprint density at radius 3 is 2.19 bits per heavy atom. The highest BCUT2D eigenvalue weighted by molar-refractivity contribution is 7.91. The second kappa shape index (κ2) is 4.34. The average molecular weight is 251 g/mol. The van der Waals surface area contributed by atoms with E-state index >= 15 is 0 Å². The fourth-order valence-corrected chi connectivity index (χ4v) is 2.79. The molecule has 3 N–H and O–H groups in total. The third-order valence-electron chi connectivity index (χ3n) is 1.79. The Bertz CT molecular complexity index is 476. The number of nitrogen functional groups attached to an aromatic ring is 1. The lowest BCUT2D eigenvalue weighted by Crippen LogP contribution is -2.20. The van der Waals surface area contributed by atoms with E-state index in [0.717, 1.165) is 12.1 Å². The van der Waals surface area contributed by atoms with Crippen molar-refractivity contribution >= 4 is 15.5 Å². The molecular formula is C9H11F2NO3S. The van der Waals surface area contributed by atoms with Gasteiger partial charge in [0, 0.05) is 5.69 Å². The second-order valence-corrected chi connectivity index (χ2v) is 5.42. The van der Waals surface area contributed by atoms with Gasteiger partial charge in [0.05, 0.1) is 11.9 Å². The maximum absolute atomic E-state index is 13.3. The summed E-state index contributed by atoms with van der Waals surface area (Å²) in [7, 11) is -4.19. The molecule has 0 fully saturated rings. The van der Waals surface area contributed by atoms with Crippen LogP contribution in [0.15, 0.2) is 17.0 Å². The highest BCUT2D eigenvalue weighted by atomic mass is 32.2. The topological polar surface area (TPSA) is 80.4 Å². The number of aliphatic hydroxyl groups excluding tert-OH is 1. The van der Waals surface area contributed by atoms with E-state index in [0.29, 0.717) is 0 Å². The molecule has 0 aliphatic carbocycles. The minimum atomic E-state index is -4.19. The van der Waals surface area contributed by atoms with Crippen molar-refractivity contribution in [2.45, 2.75) is 17.9 Å². The summed E-state index contributed by atoms with van der Waals surface area (Å²) >= 11 is 0. The minimum absolute atomic E-state index is 0.203. The monoisotopic (exact) mass is 251 g/mol. The van der Waals surface area contributed by atoms with Gasteiger partial charge in [0.2, 0.25) is 0 Å². The summed E-state index contributed by atoms with van der Waals surface area (Å²) in [6.45, 7) is 1.21. The van der Waals surface area contributed by atoms with Crippen LogP contribution in [0.4, 0.5) is 14.5 Å². The summed E-state index contributed by atoms with van der Waals surface area (Å²) in [6.07, 6.45) is -1.21. The van der Waals surface area contributed by atoms with E-state index in [9.17, 15) is 17.2 Å². The van der Waals surface area contributed by atoms with Gasteiger partial charge >= 0.3 is 0 Å². The number of rotatable bonds is 3. The number of nitrogens with two attached hydrogens (primary N) is 1. The van der Waals surface area contributed by atoms with Gasteiger partial charge < -0.3 is 10.8 Å². The maximum Gasteiger partial charge on any atom is 0.186 e. The smallest absolute Gasteiger partial charge is 0.186 e. The first-order valence-corrected chi connectivity index (χ1v) is 6.04. The highest BCUT2D eigenvalue weighted by Crippen LogP contribution is 2.23. The van der Waals surface area contributed by atoms with Crippen LogP contribution in [0.3, 0.4) is 0 Å². The summed E-state index contributed by atoms with van der Waals surface area (Å²) in [6, 6.07) is 1.44. The standard InChI is InChI=1S/C9H11F2NO3S/c1-5(13)4-16(14,15)9-7(10)2-6(12)3-8(9)11/h2-3,5,13H,4,12H2,1H3. The van der Waals surface area contributed by atoms with Crippen LogP contribution in [-0.2, 0) is 9.84 Å². The molecule has 1 unspecified atom stereocenters. The van der Waals surface area contributed by atoms with Crippen LogP contribution in [0.5, 0.6) is 0 Å². The van der Waals surface area contributed by atoms with Gasteiger partial charge in [-0.25, -0.2) is 17.2 Å². The van der Waals surface area contributed by atoms with Gasteiger partial charge in [-0.05, 0) is 19.1 Å². The number of aliphatic hydroxyl groups is 1. The van der Waals surface area contributed by atoms with E-state index in [1.807, 2.05) is 0 Å². The molecule has 0 aliphatic rings. The van der Waals surface area contributed by atoms with Crippen molar-refractivity contribution in [1.82, 2.24) is 0 Å². The van der Waals surface area contributed by atoms with Crippen LogP contribution in [0, 0.1) is 11.6 Å². The number of sulfone groups is 1. The molecule has 4 nitrogen and oxygen atoms in total. The Balaban J connectivity index is 3.34. The molecule has 16 heavy (non-hydrogen) atoms. The lowest BCUT2D eigenvalue weighted by atomic mass is 10.3. The molecule has 0 heterocycles. The summed E-state index contributed by atoms with van der Waals surface area (Å²) in [5, 5.41) is 8.94. The van der Waals surface area contributed by atoms with Gasteiger partial charge in [0.15, 0.2) is 9.84 Å². The van der Waals surface area contributed by atoms with Crippen molar-refractivity contribution in [1.29, 1.82) is 0 Å². The first-order valence-electron chi connectivity index (χ1n) is 4.39. The van der Waals surface area contributed by atoms with Gasteiger partial charge in [-0.1, -0.05) is 0 Å². The molecule has 0 spiro atoms. The van der Waals surface area contributed by atoms with Gasteiger partial charge in [0.1, 0.15) is 16.5 Å². The zero-order chi connectivity index (χ0) is 12.5. The lowest BCUT2D eigenvalue weighted by Gasteiger charge is -2.09. The molecular weight excluding hydrogens is 240 g/mol. The van der Waals surface area contributed by atoms with Crippen molar-refractivity contribution < 1.29 is 22.3 Å². The van der Waals surface area contributed by atoms with Gasteiger partial charge in [-0.15, -0.1) is 0 Å². The molecule has 1 aromatic rings. The van der Waals surface area contributed by atoms with Gasteiger partial charge in [-0.3, -0.25) is 0 Å². The Morgan fingerprint density at radius 1 is 1.38 bits per heavy atom. The maximum atomic E-state index is 13.3. The predicted octanol–water partition coefficient (Wildman–Crippen LogP) is 0.702. The number of halogens is 2. The second-order valence-electron chi connectivity index (χ2n) is 3.44. The number of anilines is 1. The van der Waals surface area contributed by atoms with E-state index in [2.05, 4.69) is 0 Å². The predicted molar refractivity (Wildman–Crippen MR) is 54.5 cm³/mol. The molecule has 0 radical (unpaired) electrons. The molecule has 0 bridgehead atoms. The summed E-state index contributed by atoms with van der Waals surface area (Å²) in [5.41, 5.74) is 4.95. The van der Waals surface area contributed by atoms with Crippen LogP contribution >= 0.6 is 0 Å². The molecule has 1 atom stereocenters. The zero-order valence-electron chi connectivity index (χ0n) is 8.44. The molecule has 0 amide bonds.